The zero-order valence-electron chi connectivity index (χ0n) is 12.0. The van der Waals surface area contributed by atoms with E-state index >= 15 is 0 Å². The molecule has 1 aliphatic rings. The Morgan fingerprint density at radius 1 is 1.21 bits per heavy atom. The zero-order chi connectivity index (χ0) is 14.3. The van der Waals surface area contributed by atoms with E-state index in [4.69, 9.17) is 5.11 Å². The molecule has 1 fully saturated rings. The number of likely N-dealkylation sites (tertiary alicyclic amines) is 1. The van der Waals surface area contributed by atoms with Crippen LogP contribution in [-0.2, 0) is 9.59 Å². The van der Waals surface area contributed by atoms with Crippen LogP contribution < -0.4 is 5.32 Å². The summed E-state index contributed by atoms with van der Waals surface area (Å²) in [6, 6.07) is 0.257. The molecule has 0 aromatic carbocycles. The third-order valence-electron chi connectivity index (χ3n) is 3.76. The van der Waals surface area contributed by atoms with Crippen LogP contribution in [0, 0.1) is 5.92 Å². The van der Waals surface area contributed by atoms with Crippen LogP contribution >= 0.6 is 0 Å². The molecule has 0 bridgehead atoms. The predicted octanol–water partition coefficient (Wildman–Crippen LogP) is 1.48. The fourth-order valence-electron chi connectivity index (χ4n) is 2.30. The molecule has 0 radical (unpaired) electrons. The number of carbonyl (C=O) groups is 2. The molecule has 1 saturated heterocycles. The molecule has 0 saturated carbocycles. The molecule has 5 nitrogen and oxygen atoms in total. The van der Waals surface area contributed by atoms with Crippen molar-refractivity contribution < 1.29 is 14.7 Å². The van der Waals surface area contributed by atoms with Gasteiger partial charge in [0.25, 0.3) is 0 Å². The average Bonchev–Trinajstić information content (AvgIpc) is 2.89. The molecule has 19 heavy (non-hydrogen) atoms. The number of carbonyl (C=O) groups excluding carboxylic acids is 1. The lowest BCUT2D eigenvalue weighted by Gasteiger charge is -2.18. The van der Waals surface area contributed by atoms with E-state index in [1.165, 1.54) is 0 Å². The molecule has 5 heteroatoms. The topological polar surface area (TPSA) is 69.6 Å². The van der Waals surface area contributed by atoms with Gasteiger partial charge in [0.1, 0.15) is 0 Å². The quantitative estimate of drug-likeness (QED) is 0.701. The van der Waals surface area contributed by atoms with Crippen molar-refractivity contribution in [2.75, 3.05) is 19.6 Å². The first-order valence-electron chi connectivity index (χ1n) is 7.24. The standard InChI is InChI=1S/C14H26N2O3/c1-11(14(18)19)6-5-7-12(2)15-10-13(17)16-8-3-4-9-16/h11-12,15H,3-10H2,1-2H3,(H,18,19). The van der Waals surface area contributed by atoms with Gasteiger partial charge in [-0.05, 0) is 32.6 Å². The maximum Gasteiger partial charge on any atom is 0.306 e. The van der Waals surface area contributed by atoms with E-state index in [2.05, 4.69) is 5.32 Å². The van der Waals surface area contributed by atoms with Crippen molar-refractivity contribution in [3.63, 3.8) is 0 Å². The smallest absolute Gasteiger partial charge is 0.306 e. The Bertz CT molecular complexity index is 301. The fraction of sp³-hybridized carbons (Fsp3) is 0.857. The van der Waals surface area contributed by atoms with Gasteiger partial charge in [-0.25, -0.2) is 0 Å². The lowest BCUT2D eigenvalue weighted by atomic mass is 10.0. The minimum Gasteiger partial charge on any atom is -0.481 e. The van der Waals surface area contributed by atoms with Gasteiger partial charge in [0.05, 0.1) is 12.5 Å². The number of hydrogen-bond acceptors (Lipinski definition) is 3. The summed E-state index contributed by atoms with van der Waals surface area (Å²) in [5, 5.41) is 12.0. The summed E-state index contributed by atoms with van der Waals surface area (Å²) in [4.78, 5) is 24.4. The van der Waals surface area contributed by atoms with Crippen molar-refractivity contribution >= 4 is 11.9 Å². The van der Waals surface area contributed by atoms with Gasteiger partial charge in [0, 0.05) is 19.1 Å². The fourth-order valence-corrected chi connectivity index (χ4v) is 2.30. The predicted molar refractivity (Wildman–Crippen MR) is 73.9 cm³/mol. The second-order valence-electron chi connectivity index (χ2n) is 5.54. The highest BCUT2D eigenvalue weighted by Gasteiger charge is 2.18. The third kappa shape index (κ3) is 6.05. The van der Waals surface area contributed by atoms with Crippen molar-refractivity contribution in [1.82, 2.24) is 10.2 Å². The van der Waals surface area contributed by atoms with Crippen molar-refractivity contribution in [2.45, 2.75) is 52.0 Å². The molecule has 0 aliphatic carbocycles. The molecule has 1 amide bonds. The van der Waals surface area contributed by atoms with E-state index in [1.807, 2.05) is 11.8 Å². The zero-order valence-corrected chi connectivity index (χ0v) is 12.0. The minimum atomic E-state index is -0.732. The van der Waals surface area contributed by atoms with E-state index < -0.39 is 5.97 Å². The Kier molecular flexibility index (Phi) is 6.84. The highest BCUT2D eigenvalue weighted by molar-refractivity contribution is 5.78. The van der Waals surface area contributed by atoms with Crippen LogP contribution in [0.5, 0.6) is 0 Å². The Morgan fingerprint density at radius 3 is 2.42 bits per heavy atom. The Morgan fingerprint density at radius 2 is 1.84 bits per heavy atom. The van der Waals surface area contributed by atoms with Crippen LogP contribution in [0.4, 0.5) is 0 Å². The molecular weight excluding hydrogens is 244 g/mol. The second-order valence-corrected chi connectivity index (χ2v) is 5.54. The molecule has 0 aromatic heterocycles. The van der Waals surface area contributed by atoms with Gasteiger partial charge in [-0.1, -0.05) is 13.3 Å². The van der Waals surface area contributed by atoms with E-state index in [1.54, 1.807) is 6.92 Å². The lowest BCUT2D eigenvalue weighted by Crippen LogP contribution is -2.39. The Hall–Kier alpha value is -1.10. The number of nitrogens with zero attached hydrogens (tertiary/aromatic N) is 1. The SMILES string of the molecule is CC(CCCC(C)C(=O)O)NCC(=O)N1CCCC1. The van der Waals surface area contributed by atoms with Crippen LogP contribution in [0.1, 0.15) is 46.0 Å². The normalized spacial score (nSPS) is 18.3. The number of amides is 1. The lowest BCUT2D eigenvalue weighted by molar-refractivity contribution is -0.141. The van der Waals surface area contributed by atoms with Gasteiger partial charge < -0.3 is 15.3 Å². The summed E-state index contributed by atoms with van der Waals surface area (Å²) >= 11 is 0. The third-order valence-corrected chi connectivity index (χ3v) is 3.76. The molecular formula is C14H26N2O3. The van der Waals surface area contributed by atoms with E-state index in [-0.39, 0.29) is 17.9 Å². The molecule has 2 N–H and O–H groups in total. The van der Waals surface area contributed by atoms with Crippen molar-refractivity contribution in [2.24, 2.45) is 5.92 Å². The molecule has 2 unspecified atom stereocenters. The van der Waals surface area contributed by atoms with Crippen molar-refractivity contribution in [1.29, 1.82) is 0 Å². The molecule has 2 atom stereocenters. The first-order valence-corrected chi connectivity index (χ1v) is 7.24. The minimum absolute atomic E-state index is 0.184. The van der Waals surface area contributed by atoms with Crippen LogP contribution in [0.2, 0.25) is 0 Å². The molecule has 1 aliphatic heterocycles. The number of carboxylic acids is 1. The maximum atomic E-state index is 11.8. The maximum absolute atomic E-state index is 11.8. The van der Waals surface area contributed by atoms with Crippen molar-refractivity contribution in [3.8, 4) is 0 Å². The van der Waals surface area contributed by atoms with E-state index in [9.17, 15) is 9.59 Å². The van der Waals surface area contributed by atoms with Crippen LogP contribution in [0.25, 0.3) is 0 Å². The van der Waals surface area contributed by atoms with Gasteiger partial charge in [0.2, 0.25) is 5.91 Å². The molecule has 1 rings (SSSR count). The number of aliphatic carboxylic acids is 1. The van der Waals surface area contributed by atoms with Gasteiger partial charge >= 0.3 is 5.97 Å². The van der Waals surface area contributed by atoms with Gasteiger partial charge in [0.15, 0.2) is 0 Å². The highest BCUT2D eigenvalue weighted by atomic mass is 16.4. The largest absolute Gasteiger partial charge is 0.481 e. The van der Waals surface area contributed by atoms with Crippen molar-refractivity contribution in [3.05, 3.63) is 0 Å². The first-order chi connectivity index (χ1) is 9.00. The Balaban J connectivity index is 2.08. The van der Waals surface area contributed by atoms with Crippen LogP contribution in [0.3, 0.4) is 0 Å². The van der Waals surface area contributed by atoms with Gasteiger partial charge in [-0.2, -0.15) is 0 Å². The summed E-state index contributed by atoms with van der Waals surface area (Å²) in [6.45, 7) is 5.96. The monoisotopic (exact) mass is 270 g/mol. The molecule has 0 spiro atoms. The summed E-state index contributed by atoms with van der Waals surface area (Å²) in [5.74, 6) is -0.827. The van der Waals surface area contributed by atoms with E-state index in [0.717, 1.165) is 38.8 Å². The summed E-state index contributed by atoms with van der Waals surface area (Å²) in [7, 11) is 0. The highest BCUT2D eigenvalue weighted by Crippen LogP contribution is 2.10. The summed E-state index contributed by atoms with van der Waals surface area (Å²) in [5.41, 5.74) is 0. The summed E-state index contributed by atoms with van der Waals surface area (Å²) < 4.78 is 0. The molecule has 1 heterocycles. The van der Waals surface area contributed by atoms with Crippen LogP contribution in [-0.4, -0.2) is 47.6 Å². The summed E-state index contributed by atoms with van der Waals surface area (Å²) in [6.07, 6.45) is 4.72. The molecule has 110 valence electrons. The van der Waals surface area contributed by atoms with Gasteiger partial charge in [-0.3, -0.25) is 9.59 Å². The second kappa shape index (κ2) is 8.15. The number of carboxylic acid groups (broad SMARTS) is 1. The van der Waals surface area contributed by atoms with Crippen LogP contribution in [0.15, 0.2) is 0 Å². The van der Waals surface area contributed by atoms with E-state index in [0.29, 0.717) is 13.0 Å². The molecule has 0 aromatic rings. The number of hydrogen-bond donors (Lipinski definition) is 2. The Labute approximate surface area is 115 Å². The number of nitrogens with one attached hydrogen (secondary N) is 1. The van der Waals surface area contributed by atoms with Gasteiger partial charge in [-0.15, -0.1) is 0 Å². The number of rotatable bonds is 8. The first kappa shape index (κ1) is 16.0. The average molecular weight is 270 g/mol.